The molecule has 1 saturated heterocycles. The number of carbonyl (C=O) groups excluding carboxylic acids is 1. The van der Waals surface area contributed by atoms with Gasteiger partial charge in [-0.25, -0.2) is 0 Å². The van der Waals surface area contributed by atoms with Crippen molar-refractivity contribution in [2.45, 2.75) is 19.8 Å². The number of anilines is 1. The SMILES string of the molecule is CC(C)c1cc(C(=O)N2CCN(c3cccc(O)c3)CC2)nn1C. The molecule has 0 unspecified atom stereocenters. The molecule has 1 fully saturated rings. The zero-order valence-corrected chi connectivity index (χ0v) is 14.4. The quantitative estimate of drug-likeness (QED) is 0.938. The summed E-state index contributed by atoms with van der Waals surface area (Å²) in [7, 11) is 1.88. The fourth-order valence-corrected chi connectivity index (χ4v) is 3.15. The van der Waals surface area contributed by atoms with Crippen molar-refractivity contribution in [3.8, 4) is 5.75 Å². The lowest BCUT2D eigenvalue weighted by molar-refractivity contribution is 0.0740. The van der Waals surface area contributed by atoms with Crippen LogP contribution in [0.15, 0.2) is 30.3 Å². The third-order valence-corrected chi connectivity index (χ3v) is 4.49. The van der Waals surface area contributed by atoms with Crippen LogP contribution < -0.4 is 4.90 Å². The first-order valence-electron chi connectivity index (χ1n) is 8.33. The van der Waals surface area contributed by atoms with Crippen LogP contribution in [0.25, 0.3) is 0 Å². The first-order valence-corrected chi connectivity index (χ1v) is 8.33. The number of hydrogen-bond acceptors (Lipinski definition) is 4. The highest BCUT2D eigenvalue weighted by atomic mass is 16.3. The Morgan fingerprint density at radius 2 is 1.88 bits per heavy atom. The zero-order chi connectivity index (χ0) is 17.3. The van der Waals surface area contributed by atoms with Gasteiger partial charge in [0, 0.05) is 50.7 Å². The standard InChI is InChI=1S/C18H24N4O2/c1-13(2)17-12-16(19-20(17)3)18(24)22-9-7-21(8-10-22)14-5-4-6-15(23)11-14/h4-6,11-13,23H,7-10H2,1-3H3. The molecule has 2 aromatic rings. The summed E-state index contributed by atoms with van der Waals surface area (Å²) in [5.74, 6) is 0.598. The molecule has 0 spiro atoms. The van der Waals surface area contributed by atoms with E-state index in [0.29, 0.717) is 24.7 Å². The molecular formula is C18H24N4O2. The highest BCUT2D eigenvalue weighted by Gasteiger charge is 2.25. The van der Waals surface area contributed by atoms with Crippen LogP contribution in [-0.4, -0.2) is 51.9 Å². The number of phenolic OH excluding ortho intramolecular Hbond substituents is 1. The summed E-state index contributed by atoms with van der Waals surface area (Å²) < 4.78 is 1.79. The van der Waals surface area contributed by atoms with Crippen molar-refractivity contribution < 1.29 is 9.90 Å². The molecule has 0 saturated carbocycles. The van der Waals surface area contributed by atoms with Crippen LogP contribution in [0.3, 0.4) is 0 Å². The Kier molecular flexibility index (Phi) is 4.46. The molecule has 6 heteroatoms. The fraction of sp³-hybridized carbons (Fsp3) is 0.444. The summed E-state index contributed by atoms with van der Waals surface area (Å²) in [6, 6.07) is 9.13. The number of piperazine rings is 1. The van der Waals surface area contributed by atoms with E-state index in [0.717, 1.165) is 24.5 Å². The summed E-state index contributed by atoms with van der Waals surface area (Å²) in [5, 5.41) is 14.0. The van der Waals surface area contributed by atoms with Crippen molar-refractivity contribution in [2.75, 3.05) is 31.1 Å². The second-order valence-corrected chi connectivity index (χ2v) is 6.53. The number of phenols is 1. The molecule has 1 aromatic carbocycles. The van der Waals surface area contributed by atoms with Crippen LogP contribution in [0.5, 0.6) is 5.75 Å². The summed E-state index contributed by atoms with van der Waals surface area (Å²) in [5.41, 5.74) is 2.57. The van der Waals surface area contributed by atoms with Crippen molar-refractivity contribution in [3.05, 3.63) is 41.7 Å². The topological polar surface area (TPSA) is 61.6 Å². The number of benzene rings is 1. The number of nitrogens with zero attached hydrogens (tertiary/aromatic N) is 4. The van der Waals surface area contributed by atoms with E-state index in [2.05, 4.69) is 23.8 Å². The summed E-state index contributed by atoms with van der Waals surface area (Å²) in [6.07, 6.45) is 0. The molecule has 1 aliphatic heterocycles. The number of aromatic nitrogens is 2. The second-order valence-electron chi connectivity index (χ2n) is 6.53. The molecule has 0 bridgehead atoms. The number of amides is 1. The lowest BCUT2D eigenvalue weighted by Crippen LogP contribution is -2.48. The van der Waals surface area contributed by atoms with E-state index < -0.39 is 0 Å². The van der Waals surface area contributed by atoms with Gasteiger partial charge in [-0.1, -0.05) is 19.9 Å². The van der Waals surface area contributed by atoms with Gasteiger partial charge in [-0.2, -0.15) is 5.10 Å². The smallest absolute Gasteiger partial charge is 0.274 e. The number of hydrogen-bond donors (Lipinski definition) is 1. The molecule has 2 heterocycles. The molecule has 0 atom stereocenters. The van der Waals surface area contributed by atoms with Crippen LogP contribution in [0.1, 0.15) is 35.9 Å². The van der Waals surface area contributed by atoms with Crippen LogP contribution >= 0.6 is 0 Å². The highest BCUT2D eigenvalue weighted by molar-refractivity contribution is 5.92. The van der Waals surface area contributed by atoms with Gasteiger partial charge in [0.05, 0.1) is 0 Å². The average molecular weight is 328 g/mol. The Balaban J connectivity index is 1.66. The van der Waals surface area contributed by atoms with E-state index in [1.807, 2.05) is 30.1 Å². The molecule has 1 amide bonds. The fourth-order valence-electron chi connectivity index (χ4n) is 3.15. The molecule has 1 N–H and O–H groups in total. The Bertz CT molecular complexity index is 730. The lowest BCUT2D eigenvalue weighted by atomic mass is 10.1. The highest BCUT2D eigenvalue weighted by Crippen LogP contribution is 2.22. The molecule has 1 aromatic heterocycles. The van der Waals surface area contributed by atoms with E-state index in [4.69, 9.17) is 0 Å². The van der Waals surface area contributed by atoms with Gasteiger partial charge in [0.2, 0.25) is 0 Å². The minimum Gasteiger partial charge on any atom is -0.508 e. The number of aryl methyl sites for hydroxylation is 1. The van der Waals surface area contributed by atoms with Crippen LogP contribution in [-0.2, 0) is 7.05 Å². The van der Waals surface area contributed by atoms with Crippen molar-refractivity contribution in [3.63, 3.8) is 0 Å². The first-order chi connectivity index (χ1) is 11.5. The van der Waals surface area contributed by atoms with Gasteiger partial charge >= 0.3 is 0 Å². The molecule has 6 nitrogen and oxygen atoms in total. The molecular weight excluding hydrogens is 304 g/mol. The molecule has 24 heavy (non-hydrogen) atoms. The van der Waals surface area contributed by atoms with E-state index in [1.54, 1.807) is 16.8 Å². The van der Waals surface area contributed by atoms with Crippen LogP contribution in [0, 0.1) is 0 Å². The molecule has 0 radical (unpaired) electrons. The average Bonchev–Trinajstić information content (AvgIpc) is 2.96. The van der Waals surface area contributed by atoms with Crippen molar-refractivity contribution in [2.24, 2.45) is 7.05 Å². The van der Waals surface area contributed by atoms with Crippen molar-refractivity contribution in [1.29, 1.82) is 0 Å². The van der Waals surface area contributed by atoms with Gasteiger partial charge in [-0.05, 0) is 24.1 Å². The van der Waals surface area contributed by atoms with E-state index in [9.17, 15) is 9.90 Å². The first kappa shape index (κ1) is 16.4. The third-order valence-electron chi connectivity index (χ3n) is 4.49. The minimum absolute atomic E-state index is 0.00643. The van der Waals surface area contributed by atoms with Crippen molar-refractivity contribution >= 4 is 11.6 Å². The second kappa shape index (κ2) is 6.55. The predicted molar refractivity (Wildman–Crippen MR) is 93.5 cm³/mol. The van der Waals surface area contributed by atoms with Crippen molar-refractivity contribution in [1.82, 2.24) is 14.7 Å². The third kappa shape index (κ3) is 3.22. The Morgan fingerprint density at radius 3 is 2.46 bits per heavy atom. The minimum atomic E-state index is -0.00643. The largest absolute Gasteiger partial charge is 0.508 e. The Labute approximate surface area is 142 Å². The molecule has 128 valence electrons. The Hall–Kier alpha value is -2.50. The van der Waals surface area contributed by atoms with Gasteiger partial charge in [-0.3, -0.25) is 9.48 Å². The number of aromatic hydroxyl groups is 1. The zero-order valence-electron chi connectivity index (χ0n) is 14.4. The molecule has 3 rings (SSSR count). The number of rotatable bonds is 3. The molecule has 0 aliphatic carbocycles. The van der Waals surface area contributed by atoms with E-state index in [-0.39, 0.29) is 11.7 Å². The van der Waals surface area contributed by atoms with Gasteiger partial charge < -0.3 is 14.9 Å². The lowest BCUT2D eigenvalue weighted by Gasteiger charge is -2.35. The van der Waals surface area contributed by atoms with Crippen LogP contribution in [0.2, 0.25) is 0 Å². The number of carbonyl (C=O) groups is 1. The normalized spacial score (nSPS) is 15.2. The van der Waals surface area contributed by atoms with E-state index >= 15 is 0 Å². The van der Waals surface area contributed by atoms with Gasteiger partial charge in [0.1, 0.15) is 5.75 Å². The Morgan fingerprint density at radius 1 is 1.17 bits per heavy atom. The summed E-state index contributed by atoms with van der Waals surface area (Å²) in [4.78, 5) is 16.7. The predicted octanol–water partition coefficient (Wildman–Crippen LogP) is 2.21. The van der Waals surface area contributed by atoms with Crippen LogP contribution in [0.4, 0.5) is 5.69 Å². The monoisotopic (exact) mass is 328 g/mol. The van der Waals surface area contributed by atoms with Gasteiger partial charge in [0.25, 0.3) is 5.91 Å². The molecule has 1 aliphatic rings. The summed E-state index contributed by atoms with van der Waals surface area (Å²) >= 11 is 0. The maximum absolute atomic E-state index is 12.7. The van der Waals surface area contributed by atoms with E-state index in [1.165, 1.54) is 0 Å². The summed E-state index contributed by atoms with van der Waals surface area (Å²) in [6.45, 7) is 7.00. The van der Waals surface area contributed by atoms with Gasteiger partial charge in [-0.15, -0.1) is 0 Å². The maximum Gasteiger partial charge on any atom is 0.274 e. The maximum atomic E-state index is 12.7. The van der Waals surface area contributed by atoms with Gasteiger partial charge in [0.15, 0.2) is 5.69 Å².